The predicted octanol–water partition coefficient (Wildman–Crippen LogP) is 0.456. The van der Waals surface area contributed by atoms with Gasteiger partial charge in [-0.05, 0) is 19.9 Å². The number of ether oxygens (including phenoxy) is 2. The summed E-state index contributed by atoms with van der Waals surface area (Å²) in [5.74, 6) is -2.90. The monoisotopic (exact) mass is 420 g/mol. The smallest absolute Gasteiger partial charge is 0.338 e. The number of carbonyl (C=O) groups excluding carboxylic acids is 2. The molecule has 1 saturated heterocycles. The van der Waals surface area contributed by atoms with Gasteiger partial charge in [-0.1, -0.05) is 30.4 Å². The Labute approximate surface area is 174 Å². The predicted molar refractivity (Wildman–Crippen MR) is 106 cm³/mol. The Morgan fingerprint density at radius 1 is 1.03 bits per heavy atom. The van der Waals surface area contributed by atoms with Crippen LogP contribution in [0, 0.1) is 5.92 Å². The van der Waals surface area contributed by atoms with Crippen molar-refractivity contribution in [2.45, 2.75) is 69.2 Å². The molecule has 3 aliphatic rings. The van der Waals surface area contributed by atoms with Crippen molar-refractivity contribution in [3.05, 3.63) is 47.8 Å². The molecule has 30 heavy (non-hydrogen) atoms. The molecule has 1 aliphatic carbocycles. The molecule has 0 spiro atoms. The number of allylic oxidation sites excluding steroid dienone is 6. The van der Waals surface area contributed by atoms with Crippen LogP contribution in [-0.2, 0) is 19.1 Å². The summed E-state index contributed by atoms with van der Waals surface area (Å²) in [6.45, 7) is 3.47. The van der Waals surface area contributed by atoms with Crippen molar-refractivity contribution in [1.29, 1.82) is 0 Å². The Kier molecular flexibility index (Phi) is 6.62. The van der Waals surface area contributed by atoms with E-state index in [1.165, 1.54) is 6.08 Å². The average Bonchev–Trinajstić information content (AvgIpc) is 3.05. The summed E-state index contributed by atoms with van der Waals surface area (Å²) < 4.78 is 11.2. The van der Waals surface area contributed by atoms with E-state index in [1.54, 1.807) is 31.2 Å². The second-order valence-corrected chi connectivity index (χ2v) is 7.98. The Balaban J connectivity index is 2.11. The fourth-order valence-electron chi connectivity index (χ4n) is 4.35. The van der Waals surface area contributed by atoms with Gasteiger partial charge in [0.05, 0.1) is 29.8 Å². The molecule has 8 heteroatoms. The third-order valence-electron chi connectivity index (χ3n) is 5.77. The summed E-state index contributed by atoms with van der Waals surface area (Å²) in [6.07, 6.45) is 3.74. The zero-order chi connectivity index (χ0) is 22.1. The molecule has 2 heterocycles. The first-order chi connectivity index (χ1) is 14.2. The number of esters is 1. The number of Topliss-reactive ketones (excluding diaryl/α,β-unsaturated/α-hetero) is 1. The highest BCUT2D eigenvalue weighted by atomic mass is 16.6. The fraction of sp³-hybridized carbons (Fsp3) is 0.545. The standard InChI is InChI=1S/C22H28O8/c1-3-4-5-6-7-8-15-18-19-20(30-15)14(24)11-17(26)22(19,28)16(25)10-13(23)9-12(2)29-21(18)27/h3-8,12-14,16,19-20,23-25,28H,9-11H2,1-2H3/b4-3+,6-5+,8-7+/t12-,13+,14+,16+,19-,20-,22-/m0/s1. The Morgan fingerprint density at radius 3 is 2.43 bits per heavy atom. The summed E-state index contributed by atoms with van der Waals surface area (Å²) in [6, 6.07) is 0. The van der Waals surface area contributed by atoms with Crippen molar-refractivity contribution < 1.29 is 39.5 Å². The van der Waals surface area contributed by atoms with Gasteiger partial charge in [-0.3, -0.25) is 4.79 Å². The van der Waals surface area contributed by atoms with Crippen LogP contribution < -0.4 is 0 Å². The van der Waals surface area contributed by atoms with Gasteiger partial charge in [0.15, 0.2) is 11.4 Å². The highest BCUT2D eigenvalue weighted by Gasteiger charge is 2.64. The van der Waals surface area contributed by atoms with Gasteiger partial charge < -0.3 is 29.9 Å². The van der Waals surface area contributed by atoms with Gasteiger partial charge >= 0.3 is 5.97 Å². The van der Waals surface area contributed by atoms with Crippen LogP contribution in [0.25, 0.3) is 0 Å². The molecule has 2 aliphatic heterocycles. The molecule has 164 valence electrons. The maximum atomic E-state index is 13.0. The number of aliphatic hydroxyl groups excluding tert-OH is 3. The third-order valence-corrected chi connectivity index (χ3v) is 5.77. The molecule has 0 amide bonds. The van der Waals surface area contributed by atoms with E-state index in [1.807, 2.05) is 13.0 Å². The first-order valence-electron chi connectivity index (χ1n) is 10.1. The van der Waals surface area contributed by atoms with E-state index >= 15 is 0 Å². The van der Waals surface area contributed by atoms with Gasteiger partial charge in [0, 0.05) is 19.3 Å². The number of hydrogen-bond donors (Lipinski definition) is 4. The van der Waals surface area contributed by atoms with Crippen LogP contribution in [0.4, 0.5) is 0 Å². The van der Waals surface area contributed by atoms with Crippen LogP contribution in [0.15, 0.2) is 47.8 Å². The molecule has 0 radical (unpaired) electrons. The molecule has 4 N–H and O–H groups in total. The molecule has 0 aromatic carbocycles. The first-order valence-corrected chi connectivity index (χ1v) is 10.1. The average molecular weight is 420 g/mol. The zero-order valence-electron chi connectivity index (χ0n) is 17.0. The lowest BCUT2D eigenvalue weighted by atomic mass is 9.65. The van der Waals surface area contributed by atoms with Crippen LogP contribution in [0.2, 0.25) is 0 Å². The normalized spacial score (nSPS) is 40.2. The number of cyclic esters (lactones) is 1. The van der Waals surface area contributed by atoms with E-state index in [2.05, 4.69) is 0 Å². The van der Waals surface area contributed by atoms with Crippen molar-refractivity contribution in [2.24, 2.45) is 5.92 Å². The molecule has 3 rings (SSSR count). The molecule has 8 nitrogen and oxygen atoms in total. The summed E-state index contributed by atoms with van der Waals surface area (Å²) >= 11 is 0. The SMILES string of the molecule is C/C=C/C=C/C=C/C1=C2C(=O)O[C@@H](C)C[C@@H](O)C[C@@H](O)[C@]3(O)C(=O)C[C@@H](O)[C@H](O1)[C@H]23. The maximum absolute atomic E-state index is 13.0. The van der Waals surface area contributed by atoms with Crippen LogP contribution in [0.1, 0.15) is 33.1 Å². The second kappa shape index (κ2) is 8.85. The van der Waals surface area contributed by atoms with E-state index in [4.69, 9.17) is 9.47 Å². The fourth-order valence-corrected chi connectivity index (χ4v) is 4.35. The molecule has 0 aromatic heterocycles. The van der Waals surface area contributed by atoms with Gasteiger partial charge in [-0.2, -0.15) is 0 Å². The third kappa shape index (κ3) is 4.00. The highest BCUT2D eigenvalue weighted by molar-refractivity contribution is 5.97. The molecular formula is C22H28O8. The lowest BCUT2D eigenvalue weighted by Crippen LogP contribution is -2.65. The summed E-state index contributed by atoms with van der Waals surface area (Å²) in [7, 11) is 0. The van der Waals surface area contributed by atoms with Gasteiger partial charge in [-0.25, -0.2) is 4.79 Å². The lowest BCUT2D eigenvalue weighted by molar-refractivity contribution is -0.191. The van der Waals surface area contributed by atoms with E-state index in [-0.39, 0.29) is 24.2 Å². The molecule has 1 saturated carbocycles. The Hall–Kier alpha value is -2.26. The molecule has 0 unspecified atom stereocenters. The minimum absolute atomic E-state index is 0.0369. The topological polar surface area (TPSA) is 134 Å². The van der Waals surface area contributed by atoms with E-state index in [0.717, 1.165) is 0 Å². The maximum Gasteiger partial charge on any atom is 0.338 e. The van der Waals surface area contributed by atoms with Crippen molar-refractivity contribution in [3.63, 3.8) is 0 Å². The van der Waals surface area contributed by atoms with Crippen molar-refractivity contribution >= 4 is 11.8 Å². The lowest BCUT2D eigenvalue weighted by Gasteiger charge is -2.45. The van der Waals surface area contributed by atoms with Crippen molar-refractivity contribution in [1.82, 2.24) is 0 Å². The van der Waals surface area contributed by atoms with Gasteiger partial charge in [0.1, 0.15) is 18.0 Å². The number of ketones is 1. The van der Waals surface area contributed by atoms with Crippen LogP contribution in [0.3, 0.4) is 0 Å². The Bertz CT molecular complexity index is 810. The van der Waals surface area contributed by atoms with Gasteiger partial charge in [0.25, 0.3) is 0 Å². The number of hydrogen-bond acceptors (Lipinski definition) is 8. The molecule has 0 bridgehead atoms. The Morgan fingerprint density at radius 2 is 1.73 bits per heavy atom. The highest BCUT2D eigenvalue weighted by Crippen LogP contribution is 2.48. The largest absolute Gasteiger partial charge is 0.486 e. The summed E-state index contributed by atoms with van der Waals surface area (Å²) in [5, 5.41) is 42.7. The molecule has 0 aromatic rings. The first kappa shape index (κ1) is 22.4. The summed E-state index contributed by atoms with van der Waals surface area (Å²) in [4.78, 5) is 25.7. The number of aliphatic hydroxyl groups is 4. The molecule has 2 fully saturated rings. The van der Waals surface area contributed by atoms with Crippen LogP contribution >= 0.6 is 0 Å². The number of carbonyl (C=O) groups is 2. The van der Waals surface area contributed by atoms with E-state index in [9.17, 15) is 30.0 Å². The second-order valence-electron chi connectivity index (χ2n) is 7.98. The quantitative estimate of drug-likeness (QED) is 0.382. The minimum Gasteiger partial charge on any atom is -0.486 e. The van der Waals surface area contributed by atoms with E-state index < -0.39 is 60.2 Å². The molecule has 7 atom stereocenters. The number of rotatable bonds is 3. The van der Waals surface area contributed by atoms with Gasteiger partial charge in [0.2, 0.25) is 0 Å². The van der Waals surface area contributed by atoms with Crippen molar-refractivity contribution in [2.75, 3.05) is 0 Å². The molecular weight excluding hydrogens is 392 g/mol. The van der Waals surface area contributed by atoms with E-state index in [0.29, 0.717) is 0 Å². The van der Waals surface area contributed by atoms with Crippen LogP contribution in [-0.4, -0.2) is 68.3 Å². The van der Waals surface area contributed by atoms with Gasteiger partial charge in [-0.15, -0.1) is 0 Å². The zero-order valence-corrected chi connectivity index (χ0v) is 17.0. The minimum atomic E-state index is -2.39. The van der Waals surface area contributed by atoms with Crippen molar-refractivity contribution in [3.8, 4) is 0 Å². The van der Waals surface area contributed by atoms with Crippen LogP contribution in [0.5, 0.6) is 0 Å². The summed E-state index contributed by atoms with van der Waals surface area (Å²) in [5.41, 5.74) is -2.50.